The number of rotatable bonds is 1. The predicted octanol–water partition coefficient (Wildman–Crippen LogP) is 5.19. The van der Waals surface area contributed by atoms with Crippen LogP contribution in [0, 0.1) is 10.2 Å². The summed E-state index contributed by atoms with van der Waals surface area (Å²) in [5.41, 5.74) is 2.26. The Morgan fingerprint density at radius 3 is 2.71 bits per heavy atom. The average Bonchev–Trinajstić information content (AvgIpc) is 2.85. The van der Waals surface area contributed by atoms with Crippen molar-refractivity contribution in [3.05, 3.63) is 55.9 Å². The van der Waals surface area contributed by atoms with Crippen LogP contribution >= 0.6 is 23.6 Å². The molecule has 1 atom stereocenters. The molecule has 0 bridgehead atoms. The lowest BCUT2D eigenvalue weighted by molar-refractivity contribution is 0.292. The fourth-order valence-corrected chi connectivity index (χ4v) is 5.63. The van der Waals surface area contributed by atoms with Gasteiger partial charge in [0.15, 0.2) is 4.77 Å². The Balaban J connectivity index is 2.07. The zero-order valence-electron chi connectivity index (χ0n) is 14.1. The topological polar surface area (TPSA) is 37.8 Å². The summed E-state index contributed by atoms with van der Waals surface area (Å²) in [6.45, 7) is 6.84. The van der Waals surface area contributed by atoms with E-state index in [4.69, 9.17) is 12.2 Å². The number of aromatic nitrogens is 2. The highest BCUT2D eigenvalue weighted by atomic mass is 32.1. The summed E-state index contributed by atoms with van der Waals surface area (Å²) >= 11 is 7.18. The maximum absolute atomic E-state index is 13.3. The lowest BCUT2D eigenvalue weighted by atomic mass is 9.72. The minimum absolute atomic E-state index is 0.00218. The fraction of sp³-hybridized carbons (Fsp3) is 0.368. The first kappa shape index (κ1) is 15.8. The molecule has 2 aromatic heterocycles. The summed E-state index contributed by atoms with van der Waals surface area (Å²) in [5.74, 6) is 0.479. The van der Waals surface area contributed by atoms with Crippen LogP contribution in [-0.2, 0) is 6.42 Å². The van der Waals surface area contributed by atoms with Gasteiger partial charge in [0.2, 0.25) is 0 Å². The van der Waals surface area contributed by atoms with Crippen LogP contribution in [0.4, 0.5) is 0 Å². The number of aromatic amines is 1. The Kier molecular flexibility index (Phi) is 3.55. The molecule has 2 heterocycles. The zero-order valence-corrected chi connectivity index (χ0v) is 15.7. The Morgan fingerprint density at radius 1 is 1.29 bits per heavy atom. The van der Waals surface area contributed by atoms with Crippen LogP contribution in [0.2, 0.25) is 0 Å². The second-order valence-electron chi connectivity index (χ2n) is 7.50. The van der Waals surface area contributed by atoms with Crippen LogP contribution in [0.15, 0.2) is 35.1 Å². The SMILES string of the molecule is C[C@@H]1CC(C)(C)Cc2c1sc1[nH]c(=S)n(-c3ccccc3)c(=O)c21. The first-order chi connectivity index (χ1) is 11.4. The number of benzene rings is 1. The summed E-state index contributed by atoms with van der Waals surface area (Å²) in [7, 11) is 0. The van der Waals surface area contributed by atoms with Crippen molar-refractivity contribution in [3.8, 4) is 5.69 Å². The molecule has 1 aromatic carbocycles. The molecule has 0 saturated carbocycles. The third kappa shape index (κ3) is 2.38. The molecule has 1 aliphatic carbocycles. The molecule has 0 aliphatic heterocycles. The van der Waals surface area contributed by atoms with Gasteiger partial charge < -0.3 is 4.98 Å². The van der Waals surface area contributed by atoms with Gasteiger partial charge in [0.05, 0.1) is 11.1 Å². The molecule has 0 unspecified atom stereocenters. The van der Waals surface area contributed by atoms with Crippen LogP contribution in [-0.4, -0.2) is 9.55 Å². The summed E-state index contributed by atoms with van der Waals surface area (Å²) < 4.78 is 2.08. The Morgan fingerprint density at radius 2 is 2.00 bits per heavy atom. The summed E-state index contributed by atoms with van der Waals surface area (Å²) in [6, 6.07) is 9.63. The molecule has 0 spiro atoms. The van der Waals surface area contributed by atoms with Gasteiger partial charge in [0.25, 0.3) is 5.56 Å². The quantitative estimate of drug-likeness (QED) is 0.610. The second kappa shape index (κ2) is 5.39. The summed E-state index contributed by atoms with van der Waals surface area (Å²) in [4.78, 5) is 18.9. The first-order valence-electron chi connectivity index (χ1n) is 8.23. The molecule has 1 aliphatic rings. The molecule has 0 fully saturated rings. The highest BCUT2D eigenvalue weighted by Crippen LogP contribution is 2.47. The maximum atomic E-state index is 13.3. The smallest absolute Gasteiger partial charge is 0.267 e. The highest BCUT2D eigenvalue weighted by molar-refractivity contribution is 7.71. The van der Waals surface area contributed by atoms with Crippen LogP contribution in [0.25, 0.3) is 15.9 Å². The molecule has 0 amide bonds. The van der Waals surface area contributed by atoms with E-state index in [0.717, 1.165) is 28.7 Å². The standard InChI is InChI=1S/C19H20N2OS2/c1-11-9-19(2,3)10-13-14-16(24-15(11)13)20-18(23)21(17(14)22)12-7-5-4-6-8-12/h4-8,11H,9-10H2,1-3H3,(H,20,23)/t11-/m1/s1. The molecule has 24 heavy (non-hydrogen) atoms. The number of H-pyrrole nitrogens is 1. The van der Waals surface area contributed by atoms with Gasteiger partial charge in [-0.25, -0.2) is 0 Å². The van der Waals surface area contributed by atoms with E-state index in [0.29, 0.717) is 10.7 Å². The van der Waals surface area contributed by atoms with Crippen LogP contribution in [0.5, 0.6) is 0 Å². The normalized spacial score (nSPS) is 19.4. The van der Waals surface area contributed by atoms with E-state index in [2.05, 4.69) is 25.8 Å². The van der Waals surface area contributed by atoms with Crippen molar-refractivity contribution in [3.63, 3.8) is 0 Å². The van der Waals surface area contributed by atoms with Gasteiger partial charge >= 0.3 is 0 Å². The van der Waals surface area contributed by atoms with Crippen LogP contribution < -0.4 is 5.56 Å². The minimum Gasteiger partial charge on any atom is -0.323 e. The van der Waals surface area contributed by atoms with Gasteiger partial charge in [0, 0.05) is 4.88 Å². The Bertz CT molecular complexity index is 1040. The lowest BCUT2D eigenvalue weighted by Crippen LogP contribution is -2.26. The van der Waals surface area contributed by atoms with Gasteiger partial charge in [0.1, 0.15) is 4.83 Å². The number of para-hydroxylation sites is 1. The third-order valence-corrected chi connectivity index (χ3v) is 6.52. The predicted molar refractivity (Wildman–Crippen MR) is 103 cm³/mol. The molecular formula is C19H20N2OS2. The van der Waals surface area contributed by atoms with E-state index in [-0.39, 0.29) is 11.0 Å². The zero-order chi connectivity index (χ0) is 17.1. The van der Waals surface area contributed by atoms with Crippen molar-refractivity contribution >= 4 is 33.8 Å². The molecule has 124 valence electrons. The summed E-state index contributed by atoms with van der Waals surface area (Å²) in [5, 5.41) is 0.826. The largest absolute Gasteiger partial charge is 0.323 e. The van der Waals surface area contributed by atoms with E-state index >= 15 is 0 Å². The van der Waals surface area contributed by atoms with Gasteiger partial charge in [-0.3, -0.25) is 9.36 Å². The van der Waals surface area contributed by atoms with E-state index < -0.39 is 0 Å². The number of nitrogens with one attached hydrogen (secondary N) is 1. The Labute approximate surface area is 150 Å². The van der Waals surface area contributed by atoms with Gasteiger partial charge in [-0.05, 0) is 54.1 Å². The van der Waals surface area contributed by atoms with Gasteiger partial charge in [-0.1, -0.05) is 39.0 Å². The number of thiophene rings is 1. The van der Waals surface area contributed by atoms with Crippen LogP contribution in [0.3, 0.4) is 0 Å². The molecule has 0 radical (unpaired) electrons. The third-order valence-electron chi connectivity index (χ3n) is 4.85. The number of nitrogens with zero attached hydrogens (tertiary/aromatic N) is 1. The monoisotopic (exact) mass is 356 g/mol. The molecule has 5 heteroatoms. The molecule has 3 nitrogen and oxygen atoms in total. The fourth-order valence-electron chi connectivity index (χ4n) is 4.01. The van der Waals surface area contributed by atoms with E-state index in [1.807, 2.05) is 30.3 Å². The molecule has 4 rings (SSSR count). The number of hydrogen-bond acceptors (Lipinski definition) is 3. The highest BCUT2D eigenvalue weighted by Gasteiger charge is 2.34. The molecule has 0 saturated heterocycles. The van der Waals surface area contributed by atoms with E-state index in [1.165, 1.54) is 10.4 Å². The number of fused-ring (bicyclic) bond motifs is 3. The van der Waals surface area contributed by atoms with Gasteiger partial charge in [-0.2, -0.15) is 0 Å². The lowest BCUT2D eigenvalue weighted by Gasteiger charge is -2.33. The first-order valence-corrected chi connectivity index (χ1v) is 9.46. The van der Waals surface area contributed by atoms with Crippen LogP contribution in [0.1, 0.15) is 43.6 Å². The van der Waals surface area contributed by atoms with Crippen molar-refractivity contribution in [1.82, 2.24) is 9.55 Å². The molecular weight excluding hydrogens is 336 g/mol. The van der Waals surface area contributed by atoms with Crippen molar-refractivity contribution in [2.75, 3.05) is 0 Å². The van der Waals surface area contributed by atoms with Crippen molar-refractivity contribution in [2.24, 2.45) is 5.41 Å². The summed E-state index contributed by atoms with van der Waals surface area (Å²) in [6.07, 6.45) is 2.10. The van der Waals surface area contributed by atoms with Crippen molar-refractivity contribution in [2.45, 2.75) is 39.5 Å². The minimum atomic E-state index is 0.00218. The van der Waals surface area contributed by atoms with E-state index in [9.17, 15) is 4.79 Å². The Hall–Kier alpha value is -1.72. The van der Waals surface area contributed by atoms with Crippen molar-refractivity contribution < 1.29 is 0 Å². The average molecular weight is 357 g/mol. The molecule has 1 N–H and O–H groups in total. The van der Waals surface area contributed by atoms with Crippen molar-refractivity contribution in [1.29, 1.82) is 0 Å². The van der Waals surface area contributed by atoms with E-state index in [1.54, 1.807) is 15.9 Å². The molecule has 3 aromatic rings. The van der Waals surface area contributed by atoms with Gasteiger partial charge in [-0.15, -0.1) is 11.3 Å². The number of hydrogen-bond donors (Lipinski definition) is 1. The maximum Gasteiger partial charge on any atom is 0.267 e. The second-order valence-corrected chi connectivity index (χ2v) is 8.94.